The van der Waals surface area contributed by atoms with Crippen molar-refractivity contribution in [3.63, 3.8) is 0 Å². The number of carbonyl (C=O) groups excluding carboxylic acids is 1. The van der Waals surface area contributed by atoms with E-state index in [-0.39, 0.29) is 16.2 Å². The van der Waals surface area contributed by atoms with Crippen LogP contribution in [-0.4, -0.2) is 58.1 Å². The van der Waals surface area contributed by atoms with Crippen molar-refractivity contribution >= 4 is 29.1 Å². The van der Waals surface area contributed by atoms with Gasteiger partial charge in [-0.15, -0.1) is 10.2 Å². The van der Waals surface area contributed by atoms with Gasteiger partial charge in [-0.3, -0.25) is 9.69 Å². The van der Waals surface area contributed by atoms with Gasteiger partial charge in [-0.1, -0.05) is 29.6 Å². The molecule has 20 heavy (non-hydrogen) atoms. The average Bonchev–Trinajstić information content (AvgIpc) is 2.48. The zero-order valence-electron chi connectivity index (χ0n) is 11.1. The molecule has 2 aliphatic rings. The number of rotatable bonds is 1. The summed E-state index contributed by atoms with van der Waals surface area (Å²) >= 11 is 11.8. The summed E-state index contributed by atoms with van der Waals surface area (Å²) in [7, 11) is 0. The number of piperidine rings is 1. The van der Waals surface area contributed by atoms with E-state index in [4.69, 9.17) is 23.2 Å². The minimum atomic E-state index is -0.1000. The Morgan fingerprint density at radius 1 is 1.20 bits per heavy atom. The molecule has 3 rings (SSSR count). The van der Waals surface area contributed by atoms with E-state index in [1.165, 1.54) is 18.9 Å². The van der Waals surface area contributed by atoms with Crippen LogP contribution in [0.25, 0.3) is 0 Å². The largest absolute Gasteiger partial charge is 0.336 e. The van der Waals surface area contributed by atoms with Crippen molar-refractivity contribution in [2.75, 3.05) is 26.2 Å². The van der Waals surface area contributed by atoms with Gasteiger partial charge in [0.15, 0.2) is 10.3 Å². The number of piperazine rings is 1. The Bertz CT molecular complexity index is 525. The summed E-state index contributed by atoms with van der Waals surface area (Å²) in [4.78, 5) is 16.9. The normalized spacial score (nSPS) is 23.5. The van der Waals surface area contributed by atoms with Crippen molar-refractivity contribution in [1.82, 2.24) is 20.0 Å². The molecule has 1 atom stereocenters. The molecule has 2 saturated heterocycles. The number of carbonyl (C=O) groups is 1. The standard InChI is InChI=1S/C13H16Cl2N4O/c14-11-7-10(12(15)17-16-11)13(20)19-6-5-18-4-2-1-3-9(18)8-19/h7,9H,1-6,8H2. The maximum Gasteiger partial charge on any atom is 0.257 e. The van der Waals surface area contributed by atoms with Crippen molar-refractivity contribution in [3.8, 4) is 0 Å². The predicted molar refractivity (Wildman–Crippen MR) is 77.2 cm³/mol. The van der Waals surface area contributed by atoms with Crippen LogP contribution in [0.1, 0.15) is 29.6 Å². The average molecular weight is 315 g/mol. The van der Waals surface area contributed by atoms with Crippen molar-refractivity contribution < 1.29 is 4.79 Å². The lowest BCUT2D eigenvalue weighted by atomic mass is 9.99. The van der Waals surface area contributed by atoms with Gasteiger partial charge in [0.2, 0.25) is 0 Å². The van der Waals surface area contributed by atoms with E-state index in [1.807, 2.05) is 4.90 Å². The maximum atomic E-state index is 12.5. The molecule has 0 bridgehead atoms. The Kier molecular flexibility index (Phi) is 4.10. The highest BCUT2D eigenvalue weighted by Crippen LogP contribution is 2.24. The molecule has 1 unspecified atom stereocenters. The lowest BCUT2D eigenvalue weighted by Gasteiger charge is -2.44. The van der Waals surface area contributed by atoms with E-state index in [0.717, 1.165) is 32.6 Å². The van der Waals surface area contributed by atoms with E-state index in [0.29, 0.717) is 11.6 Å². The topological polar surface area (TPSA) is 49.3 Å². The first-order chi connectivity index (χ1) is 9.65. The minimum absolute atomic E-state index is 0.1000. The fraction of sp³-hybridized carbons (Fsp3) is 0.615. The number of aromatic nitrogens is 2. The first kappa shape index (κ1) is 14.0. The molecule has 7 heteroatoms. The van der Waals surface area contributed by atoms with Gasteiger partial charge in [0, 0.05) is 25.7 Å². The van der Waals surface area contributed by atoms with Crippen LogP contribution >= 0.6 is 23.2 Å². The first-order valence-corrected chi connectivity index (χ1v) is 7.63. The summed E-state index contributed by atoms with van der Waals surface area (Å²) in [5, 5.41) is 7.64. The minimum Gasteiger partial charge on any atom is -0.336 e. The number of hydrogen-bond donors (Lipinski definition) is 0. The maximum absolute atomic E-state index is 12.5. The highest BCUT2D eigenvalue weighted by Gasteiger charge is 2.32. The molecule has 2 aliphatic heterocycles. The molecule has 1 amide bonds. The molecule has 0 saturated carbocycles. The summed E-state index contributed by atoms with van der Waals surface area (Å²) in [6, 6.07) is 1.97. The van der Waals surface area contributed by atoms with Crippen molar-refractivity contribution in [3.05, 3.63) is 21.9 Å². The van der Waals surface area contributed by atoms with Gasteiger partial charge >= 0.3 is 0 Å². The van der Waals surface area contributed by atoms with Crippen LogP contribution in [0.3, 0.4) is 0 Å². The molecule has 0 aromatic carbocycles. The number of amides is 1. The second kappa shape index (κ2) is 5.84. The third-order valence-corrected chi connectivity index (χ3v) is 4.54. The summed E-state index contributed by atoms with van der Waals surface area (Å²) in [6.07, 6.45) is 3.67. The van der Waals surface area contributed by atoms with Crippen LogP contribution in [0.5, 0.6) is 0 Å². The molecule has 0 spiro atoms. The molecule has 108 valence electrons. The van der Waals surface area contributed by atoms with E-state index in [2.05, 4.69) is 15.1 Å². The van der Waals surface area contributed by atoms with Crippen molar-refractivity contribution in [2.45, 2.75) is 25.3 Å². The molecule has 5 nitrogen and oxygen atoms in total. The highest BCUT2D eigenvalue weighted by molar-refractivity contribution is 6.34. The Morgan fingerprint density at radius 3 is 2.90 bits per heavy atom. The number of halogens is 2. The molecular formula is C13H16Cl2N4O. The molecule has 1 aromatic heterocycles. The van der Waals surface area contributed by atoms with Gasteiger partial charge in [0.1, 0.15) is 0 Å². The van der Waals surface area contributed by atoms with Crippen LogP contribution in [0.15, 0.2) is 6.07 Å². The quantitative estimate of drug-likeness (QED) is 0.796. The van der Waals surface area contributed by atoms with Crippen molar-refractivity contribution in [1.29, 1.82) is 0 Å². The summed E-state index contributed by atoms with van der Waals surface area (Å²) in [6.45, 7) is 3.57. The van der Waals surface area contributed by atoms with Gasteiger partial charge in [0.05, 0.1) is 5.56 Å². The Balaban J connectivity index is 1.76. The highest BCUT2D eigenvalue weighted by atomic mass is 35.5. The molecule has 1 aromatic rings. The Labute approximate surface area is 127 Å². The van der Waals surface area contributed by atoms with Gasteiger partial charge in [0.25, 0.3) is 5.91 Å². The zero-order valence-corrected chi connectivity index (χ0v) is 12.6. The predicted octanol–water partition coefficient (Wildman–Crippen LogP) is 2.09. The van der Waals surface area contributed by atoms with Gasteiger partial charge in [-0.2, -0.15) is 0 Å². The van der Waals surface area contributed by atoms with Crippen molar-refractivity contribution in [2.24, 2.45) is 0 Å². The van der Waals surface area contributed by atoms with Crippen LogP contribution in [0, 0.1) is 0 Å². The van der Waals surface area contributed by atoms with Gasteiger partial charge in [-0.05, 0) is 25.5 Å². The Hall–Kier alpha value is -0.910. The van der Waals surface area contributed by atoms with Crippen LogP contribution in [0.4, 0.5) is 0 Å². The molecule has 0 N–H and O–H groups in total. The third kappa shape index (κ3) is 2.75. The first-order valence-electron chi connectivity index (χ1n) is 6.87. The number of nitrogens with zero attached hydrogens (tertiary/aromatic N) is 4. The Morgan fingerprint density at radius 2 is 2.05 bits per heavy atom. The van der Waals surface area contributed by atoms with E-state index < -0.39 is 0 Å². The second-order valence-electron chi connectivity index (χ2n) is 5.31. The molecule has 3 heterocycles. The summed E-state index contributed by atoms with van der Waals surface area (Å²) in [5.41, 5.74) is 0.343. The number of hydrogen-bond acceptors (Lipinski definition) is 4. The molecule has 2 fully saturated rings. The third-order valence-electron chi connectivity index (χ3n) is 4.07. The fourth-order valence-electron chi connectivity index (χ4n) is 3.01. The molecule has 0 aliphatic carbocycles. The van der Waals surface area contributed by atoms with Crippen LogP contribution < -0.4 is 0 Å². The van der Waals surface area contributed by atoms with Gasteiger partial charge < -0.3 is 4.90 Å². The SMILES string of the molecule is O=C(c1cc(Cl)nnc1Cl)N1CCN2CCCCC2C1. The monoisotopic (exact) mass is 314 g/mol. The molecular weight excluding hydrogens is 299 g/mol. The number of fused-ring (bicyclic) bond motifs is 1. The summed E-state index contributed by atoms with van der Waals surface area (Å²) in [5.74, 6) is -0.1000. The van der Waals surface area contributed by atoms with E-state index >= 15 is 0 Å². The van der Waals surface area contributed by atoms with E-state index in [1.54, 1.807) is 0 Å². The van der Waals surface area contributed by atoms with Crippen LogP contribution in [0.2, 0.25) is 10.3 Å². The zero-order chi connectivity index (χ0) is 14.1. The van der Waals surface area contributed by atoms with Gasteiger partial charge in [-0.25, -0.2) is 0 Å². The smallest absolute Gasteiger partial charge is 0.257 e. The van der Waals surface area contributed by atoms with Crippen LogP contribution in [-0.2, 0) is 0 Å². The fourth-order valence-corrected chi connectivity index (χ4v) is 3.33. The summed E-state index contributed by atoms with van der Waals surface area (Å²) < 4.78 is 0. The molecule has 0 radical (unpaired) electrons. The van der Waals surface area contributed by atoms with E-state index in [9.17, 15) is 4.79 Å². The lowest BCUT2D eigenvalue weighted by Crippen LogP contribution is -2.56. The second-order valence-corrected chi connectivity index (χ2v) is 6.05. The lowest BCUT2D eigenvalue weighted by molar-refractivity contribution is 0.0372.